The van der Waals surface area contributed by atoms with Crippen molar-refractivity contribution in [1.29, 1.82) is 0 Å². The van der Waals surface area contributed by atoms with Gasteiger partial charge in [0.1, 0.15) is 10.5 Å². The fourth-order valence-corrected chi connectivity index (χ4v) is 4.15. The second-order valence-electron chi connectivity index (χ2n) is 6.20. The van der Waals surface area contributed by atoms with E-state index in [0.717, 1.165) is 10.4 Å². The van der Waals surface area contributed by atoms with E-state index in [2.05, 4.69) is 9.97 Å². The van der Waals surface area contributed by atoms with Crippen molar-refractivity contribution in [2.75, 3.05) is 0 Å². The van der Waals surface area contributed by atoms with Gasteiger partial charge in [-0.1, -0.05) is 35.3 Å². The molecule has 0 aliphatic carbocycles. The number of thiophene rings is 1. The van der Waals surface area contributed by atoms with Gasteiger partial charge in [0.25, 0.3) is 11.2 Å². The van der Waals surface area contributed by atoms with Gasteiger partial charge in [0, 0.05) is 27.6 Å². The first-order chi connectivity index (χ1) is 14.3. The van der Waals surface area contributed by atoms with Crippen molar-refractivity contribution >= 4 is 61.6 Å². The largest absolute Gasteiger partial charge is 0.305 e. The van der Waals surface area contributed by atoms with Crippen LogP contribution >= 0.6 is 34.5 Å². The molecule has 0 bridgehead atoms. The van der Waals surface area contributed by atoms with Crippen molar-refractivity contribution in [2.24, 2.45) is 0 Å². The lowest BCUT2D eigenvalue weighted by atomic mass is 10.2. The Bertz CT molecular complexity index is 1380. The summed E-state index contributed by atoms with van der Waals surface area (Å²) in [5.41, 5.74) is 0.968. The lowest BCUT2D eigenvalue weighted by Crippen LogP contribution is -2.08. The number of halogens is 3. The third kappa shape index (κ3) is 3.97. The molecule has 30 heavy (non-hydrogen) atoms. The van der Waals surface area contributed by atoms with Gasteiger partial charge in [0.05, 0.1) is 15.5 Å². The van der Waals surface area contributed by atoms with E-state index in [1.807, 2.05) is 0 Å². The van der Waals surface area contributed by atoms with Crippen LogP contribution in [-0.4, -0.2) is 14.9 Å². The molecule has 2 aromatic carbocycles. The van der Waals surface area contributed by atoms with Crippen molar-refractivity contribution in [3.63, 3.8) is 0 Å². The minimum absolute atomic E-state index is 0.0610. The molecule has 10 heteroatoms. The second kappa shape index (κ2) is 7.98. The molecular weight excluding hydrogens is 452 g/mol. The lowest BCUT2D eigenvalue weighted by Gasteiger charge is -2.02. The molecule has 2 heterocycles. The van der Waals surface area contributed by atoms with E-state index in [1.54, 1.807) is 18.2 Å². The topological polar surface area (TPSA) is 88.9 Å². The third-order valence-electron chi connectivity index (χ3n) is 4.21. The van der Waals surface area contributed by atoms with E-state index in [-0.39, 0.29) is 32.9 Å². The van der Waals surface area contributed by atoms with Gasteiger partial charge in [-0.15, -0.1) is 11.3 Å². The predicted octanol–water partition coefficient (Wildman–Crippen LogP) is 6.09. The molecule has 6 nitrogen and oxygen atoms in total. The highest BCUT2D eigenvalue weighted by Gasteiger charge is 2.14. The Balaban J connectivity index is 1.77. The van der Waals surface area contributed by atoms with Crippen LogP contribution in [0.2, 0.25) is 5.02 Å². The van der Waals surface area contributed by atoms with E-state index in [4.69, 9.17) is 23.2 Å². The molecule has 0 spiro atoms. The van der Waals surface area contributed by atoms with Crippen LogP contribution in [0.1, 0.15) is 11.4 Å². The van der Waals surface area contributed by atoms with Gasteiger partial charge in [-0.2, -0.15) is 0 Å². The average Bonchev–Trinajstić information content (AvgIpc) is 3.14. The Morgan fingerprint density at radius 1 is 1.20 bits per heavy atom. The Morgan fingerprint density at radius 3 is 2.63 bits per heavy atom. The Hall–Kier alpha value is -3.07. The number of aromatic nitrogens is 2. The molecule has 0 aliphatic rings. The van der Waals surface area contributed by atoms with Crippen LogP contribution in [0.25, 0.3) is 31.8 Å². The smallest absolute Gasteiger partial charge is 0.270 e. The monoisotopic (exact) mass is 461 g/mol. The lowest BCUT2D eigenvalue weighted by molar-refractivity contribution is -0.384. The first-order valence-electron chi connectivity index (χ1n) is 8.43. The highest BCUT2D eigenvalue weighted by atomic mass is 35.5. The van der Waals surface area contributed by atoms with Crippen LogP contribution in [0.15, 0.2) is 53.3 Å². The molecule has 0 aliphatic heterocycles. The van der Waals surface area contributed by atoms with Gasteiger partial charge in [-0.25, -0.2) is 9.37 Å². The fraction of sp³-hybridized carbons (Fsp3) is 0. The van der Waals surface area contributed by atoms with Crippen LogP contribution in [0.5, 0.6) is 0 Å². The number of benzene rings is 2. The molecule has 0 atom stereocenters. The Kier molecular flexibility index (Phi) is 5.38. The zero-order valence-electron chi connectivity index (χ0n) is 14.9. The zero-order valence-corrected chi connectivity index (χ0v) is 17.2. The molecule has 0 amide bonds. The Morgan fingerprint density at radius 2 is 1.93 bits per heavy atom. The summed E-state index contributed by atoms with van der Waals surface area (Å²) in [6, 6.07) is 11.6. The third-order valence-corrected chi connectivity index (χ3v) is 6.01. The maximum Gasteiger partial charge on any atom is 0.270 e. The number of nitro groups is 1. The van der Waals surface area contributed by atoms with Crippen molar-refractivity contribution in [2.45, 2.75) is 0 Å². The quantitative estimate of drug-likeness (QED) is 0.294. The van der Waals surface area contributed by atoms with E-state index < -0.39 is 4.92 Å². The van der Waals surface area contributed by atoms with Crippen LogP contribution < -0.4 is 5.56 Å². The second-order valence-corrected chi connectivity index (χ2v) is 8.07. The molecule has 4 aromatic rings. The molecule has 0 saturated heterocycles. The fourth-order valence-electron chi connectivity index (χ4n) is 2.77. The van der Waals surface area contributed by atoms with Crippen LogP contribution in [0.4, 0.5) is 10.1 Å². The molecule has 0 unspecified atom stereocenters. The normalized spacial score (nSPS) is 11.8. The maximum absolute atomic E-state index is 13.2. The van der Waals surface area contributed by atoms with Gasteiger partial charge < -0.3 is 4.98 Å². The van der Waals surface area contributed by atoms with E-state index in [9.17, 15) is 19.3 Å². The minimum Gasteiger partial charge on any atom is -0.305 e. The van der Waals surface area contributed by atoms with E-state index in [0.29, 0.717) is 15.8 Å². The first-order valence-corrected chi connectivity index (χ1v) is 10.0. The maximum atomic E-state index is 13.2. The Labute approximate surface area is 182 Å². The molecule has 1 N–H and O–H groups in total. The number of non-ortho nitro benzene ring substituents is 1. The van der Waals surface area contributed by atoms with Gasteiger partial charge in [-0.3, -0.25) is 14.9 Å². The number of nitro benzene ring substituents is 1. The molecule has 4 rings (SSSR count). The predicted molar refractivity (Wildman–Crippen MR) is 117 cm³/mol. The van der Waals surface area contributed by atoms with Crippen molar-refractivity contribution < 1.29 is 9.31 Å². The SMILES string of the molecule is O=c1[nH]c(C(Cl)=Cc2cc([N+](=O)[O-])ccc2Cl)nc2cc(-c3ccc(F)cc3)sc12. The number of hydrogen-bond acceptors (Lipinski definition) is 5. The van der Waals surface area contributed by atoms with Crippen LogP contribution in [0.3, 0.4) is 0 Å². The number of rotatable bonds is 4. The number of fused-ring (bicyclic) bond motifs is 1. The number of hydrogen-bond donors (Lipinski definition) is 1. The van der Waals surface area contributed by atoms with Gasteiger partial charge in [0.15, 0.2) is 5.82 Å². The first kappa shape index (κ1) is 20.2. The average molecular weight is 462 g/mol. The number of aromatic amines is 1. The number of H-pyrrole nitrogens is 1. The van der Waals surface area contributed by atoms with Crippen LogP contribution in [-0.2, 0) is 0 Å². The zero-order chi connectivity index (χ0) is 21.4. The number of nitrogens with one attached hydrogen (secondary N) is 1. The summed E-state index contributed by atoms with van der Waals surface area (Å²) in [5.74, 6) is -0.255. The van der Waals surface area contributed by atoms with E-state index >= 15 is 0 Å². The standard InChI is InChI=1S/C20H10Cl2FN3O3S/c21-14-6-5-13(26(28)29)7-11(14)8-15(22)19-24-16-9-17(30-18(16)20(27)25-19)10-1-3-12(23)4-2-10/h1-9H,(H,24,25,27). The van der Waals surface area contributed by atoms with Crippen molar-refractivity contribution in [3.05, 3.63) is 91.2 Å². The highest BCUT2D eigenvalue weighted by Crippen LogP contribution is 2.32. The van der Waals surface area contributed by atoms with Gasteiger partial charge >= 0.3 is 0 Å². The van der Waals surface area contributed by atoms with Gasteiger partial charge in [-0.05, 0) is 35.9 Å². The molecular formula is C20H10Cl2FN3O3S. The molecule has 2 aromatic heterocycles. The summed E-state index contributed by atoms with van der Waals surface area (Å²) in [6.45, 7) is 0. The van der Waals surface area contributed by atoms with E-state index in [1.165, 1.54) is 47.7 Å². The van der Waals surface area contributed by atoms with Crippen LogP contribution in [0, 0.1) is 15.9 Å². The molecule has 0 radical (unpaired) electrons. The summed E-state index contributed by atoms with van der Waals surface area (Å²) in [5, 5.41) is 11.3. The van der Waals surface area contributed by atoms with Crippen molar-refractivity contribution in [1.82, 2.24) is 9.97 Å². The molecule has 0 fully saturated rings. The summed E-state index contributed by atoms with van der Waals surface area (Å²) >= 11 is 13.6. The molecule has 150 valence electrons. The summed E-state index contributed by atoms with van der Waals surface area (Å²) in [4.78, 5) is 30.7. The minimum atomic E-state index is -0.546. The highest BCUT2D eigenvalue weighted by molar-refractivity contribution is 7.22. The molecule has 0 saturated carbocycles. The number of nitrogens with zero attached hydrogens (tertiary/aromatic N) is 2. The van der Waals surface area contributed by atoms with Crippen molar-refractivity contribution in [3.8, 4) is 10.4 Å². The summed E-state index contributed by atoms with van der Waals surface area (Å²) in [6.07, 6.45) is 1.40. The van der Waals surface area contributed by atoms with Gasteiger partial charge in [0.2, 0.25) is 0 Å². The summed E-state index contributed by atoms with van der Waals surface area (Å²) in [7, 11) is 0. The summed E-state index contributed by atoms with van der Waals surface area (Å²) < 4.78 is 13.6.